The molecule has 1 aliphatic carbocycles. The number of ether oxygens (including phenoxy) is 2. The minimum absolute atomic E-state index is 0.428. The fourth-order valence-corrected chi connectivity index (χ4v) is 5.77. The highest BCUT2D eigenvalue weighted by molar-refractivity contribution is 5.76. The predicted octanol–water partition coefficient (Wildman–Crippen LogP) is 11.7. The first-order valence-corrected chi connectivity index (χ1v) is 16.7. The molecule has 0 radical (unpaired) electrons. The third kappa shape index (κ3) is 9.73. The molecule has 0 aromatic heterocycles. The van der Waals surface area contributed by atoms with Gasteiger partial charge in [-0.3, -0.25) is 0 Å². The van der Waals surface area contributed by atoms with Crippen molar-refractivity contribution < 1.29 is 9.47 Å². The van der Waals surface area contributed by atoms with Gasteiger partial charge in [0.15, 0.2) is 0 Å². The first-order chi connectivity index (χ1) is 20.7. The quantitative estimate of drug-likeness (QED) is 0.135. The summed E-state index contributed by atoms with van der Waals surface area (Å²) in [6.45, 7) is 6.12. The molecule has 1 atom stereocenters. The highest BCUT2D eigenvalue weighted by Gasteiger charge is 2.31. The number of allylic oxidation sites excluding steroid dienone is 2. The summed E-state index contributed by atoms with van der Waals surface area (Å²) in [4.78, 5) is 0. The first-order valence-electron chi connectivity index (χ1n) is 16.7. The summed E-state index contributed by atoms with van der Waals surface area (Å²) in [5, 5.41) is 0. The molecule has 3 aromatic carbocycles. The van der Waals surface area contributed by atoms with Crippen LogP contribution in [0.3, 0.4) is 0 Å². The molecule has 4 rings (SSSR count). The van der Waals surface area contributed by atoms with Crippen LogP contribution in [-0.2, 0) is 10.3 Å². The van der Waals surface area contributed by atoms with E-state index in [9.17, 15) is 0 Å². The largest absolute Gasteiger partial charge is 0.494 e. The molecule has 224 valence electrons. The average Bonchev–Trinajstić information content (AvgIpc) is 3.05. The maximum absolute atomic E-state index is 6.75. The van der Waals surface area contributed by atoms with E-state index in [0.717, 1.165) is 38.2 Å². The van der Waals surface area contributed by atoms with E-state index < -0.39 is 5.60 Å². The van der Waals surface area contributed by atoms with Crippen LogP contribution in [0.25, 0.3) is 16.7 Å². The van der Waals surface area contributed by atoms with Crippen molar-refractivity contribution in [1.29, 1.82) is 0 Å². The standard InChI is InChI=1S/C40H52O2/c1-3-5-7-9-11-16-32-41-39-26-22-36(23-27-39)37-28-30-40(31-29-37,42-33-17-12-10-8-6-4-2)38-24-20-35(21-25-38)34-18-14-13-15-19-34/h13-15,18-30H,3-12,16-17,31-33H2,1-2H3. The lowest BCUT2D eigenvalue weighted by Crippen LogP contribution is -2.29. The van der Waals surface area contributed by atoms with Gasteiger partial charge in [-0.2, -0.15) is 0 Å². The molecule has 0 fully saturated rings. The molecule has 0 spiro atoms. The van der Waals surface area contributed by atoms with Gasteiger partial charge in [0.1, 0.15) is 11.4 Å². The third-order valence-electron chi connectivity index (χ3n) is 8.45. The Hall–Kier alpha value is -3.10. The highest BCUT2D eigenvalue weighted by Crippen LogP contribution is 2.39. The van der Waals surface area contributed by atoms with E-state index in [0.29, 0.717) is 0 Å². The van der Waals surface area contributed by atoms with Crippen molar-refractivity contribution in [3.8, 4) is 16.9 Å². The van der Waals surface area contributed by atoms with Crippen LogP contribution in [0, 0.1) is 0 Å². The normalized spacial score (nSPS) is 16.4. The Morgan fingerprint density at radius 2 is 1.14 bits per heavy atom. The molecule has 0 saturated heterocycles. The summed E-state index contributed by atoms with van der Waals surface area (Å²) < 4.78 is 12.8. The van der Waals surface area contributed by atoms with Crippen LogP contribution in [-0.4, -0.2) is 13.2 Å². The molecular weight excluding hydrogens is 512 g/mol. The van der Waals surface area contributed by atoms with Gasteiger partial charge in [-0.05, 0) is 58.9 Å². The van der Waals surface area contributed by atoms with Gasteiger partial charge in [0, 0.05) is 13.0 Å². The van der Waals surface area contributed by atoms with Gasteiger partial charge in [0.25, 0.3) is 0 Å². The van der Waals surface area contributed by atoms with E-state index in [1.807, 2.05) is 0 Å². The highest BCUT2D eigenvalue weighted by atomic mass is 16.5. The van der Waals surface area contributed by atoms with Crippen LogP contribution >= 0.6 is 0 Å². The lowest BCUT2D eigenvalue weighted by molar-refractivity contribution is -0.0129. The summed E-state index contributed by atoms with van der Waals surface area (Å²) in [6, 6.07) is 28.2. The molecule has 0 saturated carbocycles. The van der Waals surface area contributed by atoms with Crippen molar-refractivity contribution in [2.45, 2.75) is 103 Å². The number of benzene rings is 3. The molecule has 42 heavy (non-hydrogen) atoms. The van der Waals surface area contributed by atoms with Crippen molar-refractivity contribution in [1.82, 2.24) is 0 Å². The van der Waals surface area contributed by atoms with Gasteiger partial charge in [0.05, 0.1) is 6.61 Å². The lowest BCUT2D eigenvalue weighted by atomic mass is 9.83. The Kier molecular flexibility index (Phi) is 13.5. The van der Waals surface area contributed by atoms with Crippen LogP contribution in [0.15, 0.2) is 97.1 Å². The minimum Gasteiger partial charge on any atom is -0.494 e. The second-order valence-electron chi connectivity index (χ2n) is 11.8. The maximum atomic E-state index is 6.75. The lowest BCUT2D eigenvalue weighted by Gasteiger charge is -2.33. The van der Waals surface area contributed by atoms with Gasteiger partial charge in [0.2, 0.25) is 0 Å². The Balaban J connectivity index is 1.38. The number of unbranched alkanes of at least 4 members (excludes halogenated alkanes) is 10. The smallest absolute Gasteiger partial charge is 0.119 e. The van der Waals surface area contributed by atoms with Gasteiger partial charge < -0.3 is 9.47 Å². The Morgan fingerprint density at radius 1 is 0.571 bits per heavy atom. The fourth-order valence-electron chi connectivity index (χ4n) is 5.77. The molecule has 0 amide bonds. The van der Waals surface area contributed by atoms with Crippen LogP contribution in [0.1, 0.15) is 108 Å². The van der Waals surface area contributed by atoms with Gasteiger partial charge in [-0.25, -0.2) is 0 Å². The average molecular weight is 565 g/mol. The molecular formula is C40H52O2. The summed E-state index contributed by atoms with van der Waals surface area (Å²) in [5.41, 5.74) is 5.74. The van der Waals surface area contributed by atoms with Crippen molar-refractivity contribution in [2.75, 3.05) is 13.2 Å². The molecule has 0 bridgehead atoms. The van der Waals surface area contributed by atoms with Gasteiger partial charge in [-0.1, -0.05) is 157 Å². The third-order valence-corrected chi connectivity index (χ3v) is 8.45. The molecule has 1 aliphatic rings. The summed E-state index contributed by atoms with van der Waals surface area (Å²) >= 11 is 0. The SMILES string of the molecule is CCCCCCCCOc1ccc(C2=CCC(OCCCCCCCC)(c3ccc(-c4ccccc4)cc3)C=C2)cc1. The van der Waals surface area contributed by atoms with Crippen LogP contribution in [0.5, 0.6) is 5.75 Å². The summed E-state index contributed by atoms with van der Waals surface area (Å²) in [5.74, 6) is 0.961. The van der Waals surface area contributed by atoms with Crippen LogP contribution in [0.2, 0.25) is 0 Å². The predicted molar refractivity (Wildman–Crippen MR) is 180 cm³/mol. The summed E-state index contributed by atoms with van der Waals surface area (Å²) in [7, 11) is 0. The fraction of sp³-hybridized carbons (Fsp3) is 0.450. The number of hydrogen-bond donors (Lipinski definition) is 0. The van der Waals surface area contributed by atoms with Crippen LogP contribution in [0.4, 0.5) is 0 Å². The monoisotopic (exact) mass is 564 g/mol. The number of rotatable bonds is 19. The second kappa shape index (κ2) is 17.8. The van der Waals surface area contributed by atoms with E-state index in [1.165, 1.54) is 92.0 Å². The van der Waals surface area contributed by atoms with Crippen molar-refractivity contribution in [2.24, 2.45) is 0 Å². The Labute approximate surface area is 255 Å². The maximum Gasteiger partial charge on any atom is 0.119 e. The second-order valence-corrected chi connectivity index (χ2v) is 11.8. The van der Waals surface area contributed by atoms with Crippen molar-refractivity contribution in [3.05, 3.63) is 108 Å². The van der Waals surface area contributed by atoms with Gasteiger partial charge >= 0.3 is 0 Å². The topological polar surface area (TPSA) is 18.5 Å². The van der Waals surface area contributed by atoms with E-state index in [-0.39, 0.29) is 0 Å². The molecule has 2 heteroatoms. The summed E-state index contributed by atoms with van der Waals surface area (Å²) in [6.07, 6.45) is 23.0. The zero-order valence-corrected chi connectivity index (χ0v) is 26.2. The van der Waals surface area contributed by atoms with E-state index >= 15 is 0 Å². The Bertz CT molecular complexity index is 1210. The molecule has 2 nitrogen and oxygen atoms in total. The number of hydrogen-bond acceptors (Lipinski definition) is 2. The van der Waals surface area contributed by atoms with E-state index in [1.54, 1.807) is 0 Å². The van der Waals surface area contributed by atoms with Crippen molar-refractivity contribution >= 4 is 5.57 Å². The van der Waals surface area contributed by atoms with E-state index in [2.05, 4.69) is 111 Å². The minimum atomic E-state index is -0.428. The molecule has 3 aromatic rings. The molecule has 1 unspecified atom stereocenters. The van der Waals surface area contributed by atoms with Crippen LogP contribution < -0.4 is 4.74 Å². The van der Waals surface area contributed by atoms with Crippen molar-refractivity contribution in [3.63, 3.8) is 0 Å². The van der Waals surface area contributed by atoms with Gasteiger partial charge in [-0.15, -0.1) is 0 Å². The molecule has 0 aliphatic heterocycles. The zero-order chi connectivity index (χ0) is 29.3. The Morgan fingerprint density at radius 3 is 1.76 bits per heavy atom. The molecule has 0 N–H and O–H groups in total. The molecule has 0 heterocycles. The zero-order valence-electron chi connectivity index (χ0n) is 26.2. The van der Waals surface area contributed by atoms with E-state index in [4.69, 9.17) is 9.47 Å². The first kappa shape index (κ1) is 31.8.